The monoisotopic (exact) mass is 569 g/mol. The summed E-state index contributed by atoms with van der Waals surface area (Å²) in [5, 5.41) is 5.55. The van der Waals surface area contributed by atoms with E-state index in [-0.39, 0.29) is 12.2 Å². The number of nitrogens with zero attached hydrogens (tertiary/aromatic N) is 5. The molecule has 0 bridgehead atoms. The summed E-state index contributed by atoms with van der Waals surface area (Å²) in [7, 11) is 0. The first-order valence-electron chi connectivity index (χ1n) is 12.4. The molecule has 1 unspecified atom stereocenters. The van der Waals surface area contributed by atoms with Gasteiger partial charge in [-0.25, -0.2) is 9.78 Å². The maximum Gasteiger partial charge on any atom is 0.410 e. The van der Waals surface area contributed by atoms with E-state index in [0.717, 1.165) is 15.6 Å². The Morgan fingerprint density at radius 3 is 2.74 bits per heavy atom. The van der Waals surface area contributed by atoms with E-state index in [1.807, 2.05) is 39.8 Å². The molecule has 1 aromatic carbocycles. The van der Waals surface area contributed by atoms with Crippen molar-refractivity contribution in [1.29, 1.82) is 0 Å². The number of aryl methyl sites for hydroxylation is 1. The molecule has 39 heavy (non-hydrogen) atoms. The first-order chi connectivity index (χ1) is 18.6. The van der Waals surface area contributed by atoms with Crippen LogP contribution in [0.5, 0.6) is 11.5 Å². The highest BCUT2D eigenvalue weighted by Crippen LogP contribution is 2.31. The lowest BCUT2D eigenvalue weighted by atomic mass is 10.2. The van der Waals surface area contributed by atoms with Crippen molar-refractivity contribution in [3.8, 4) is 33.8 Å². The summed E-state index contributed by atoms with van der Waals surface area (Å²) >= 11 is 7.36. The Bertz CT molecular complexity index is 1450. The molecule has 0 aliphatic carbocycles. The Morgan fingerprint density at radius 1 is 1.18 bits per heavy atom. The smallest absolute Gasteiger partial charge is 0.410 e. The van der Waals surface area contributed by atoms with Crippen LogP contribution in [0.25, 0.3) is 22.3 Å². The predicted molar refractivity (Wildman–Crippen MR) is 146 cm³/mol. The Balaban J connectivity index is 1.22. The van der Waals surface area contributed by atoms with Gasteiger partial charge in [-0.2, -0.15) is 4.98 Å². The lowest BCUT2D eigenvalue weighted by Gasteiger charge is -2.24. The Kier molecular flexibility index (Phi) is 7.72. The highest BCUT2D eigenvalue weighted by molar-refractivity contribution is 7.15. The van der Waals surface area contributed by atoms with E-state index in [2.05, 4.69) is 20.1 Å². The number of hydrogen-bond acceptors (Lipinski definition) is 10. The summed E-state index contributed by atoms with van der Waals surface area (Å²) in [6.07, 6.45) is 1.85. The molecule has 0 saturated carbocycles. The summed E-state index contributed by atoms with van der Waals surface area (Å²) in [6, 6.07) is 10.7. The van der Waals surface area contributed by atoms with Crippen molar-refractivity contribution < 1.29 is 23.5 Å². The van der Waals surface area contributed by atoms with E-state index in [1.54, 1.807) is 35.4 Å². The van der Waals surface area contributed by atoms with Crippen molar-refractivity contribution in [2.45, 2.75) is 52.4 Å². The fourth-order valence-corrected chi connectivity index (χ4v) is 4.95. The molecule has 0 N–H and O–H groups in total. The van der Waals surface area contributed by atoms with Gasteiger partial charge in [0.1, 0.15) is 45.4 Å². The van der Waals surface area contributed by atoms with Crippen LogP contribution in [0.2, 0.25) is 5.02 Å². The third-order valence-electron chi connectivity index (χ3n) is 5.70. The van der Waals surface area contributed by atoms with E-state index in [9.17, 15) is 4.79 Å². The first-order valence-corrected chi connectivity index (χ1v) is 13.6. The van der Waals surface area contributed by atoms with Gasteiger partial charge >= 0.3 is 6.09 Å². The normalized spacial score (nSPS) is 15.4. The highest BCUT2D eigenvalue weighted by atomic mass is 35.5. The lowest BCUT2D eigenvalue weighted by Crippen LogP contribution is -2.36. The van der Waals surface area contributed by atoms with Gasteiger partial charge in [-0.1, -0.05) is 16.8 Å². The zero-order chi connectivity index (χ0) is 27.6. The van der Waals surface area contributed by atoms with Gasteiger partial charge in [-0.15, -0.1) is 11.3 Å². The van der Waals surface area contributed by atoms with Crippen LogP contribution in [0.3, 0.4) is 0 Å². The van der Waals surface area contributed by atoms with Gasteiger partial charge in [0.2, 0.25) is 5.82 Å². The van der Waals surface area contributed by atoms with Crippen molar-refractivity contribution in [3.63, 3.8) is 0 Å². The number of ether oxygens (including phenoxy) is 3. The Morgan fingerprint density at radius 2 is 1.97 bits per heavy atom. The van der Waals surface area contributed by atoms with Crippen LogP contribution in [-0.2, 0) is 11.3 Å². The molecule has 1 atom stereocenters. The highest BCUT2D eigenvalue weighted by Gasteiger charge is 2.31. The summed E-state index contributed by atoms with van der Waals surface area (Å²) in [4.78, 5) is 28.3. The molecule has 3 aromatic heterocycles. The maximum absolute atomic E-state index is 12.4. The van der Waals surface area contributed by atoms with E-state index in [0.29, 0.717) is 60.0 Å². The third kappa shape index (κ3) is 6.85. The zero-order valence-corrected chi connectivity index (χ0v) is 23.6. The number of halogens is 1. The van der Waals surface area contributed by atoms with Gasteiger partial charge in [0, 0.05) is 30.3 Å². The lowest BCUT2D eigenvalue weighted by molar-refractivity contribution is 0.0275. The number of aromatic nitrogens is 4. The number of carbonyl (C=O) groups excluding carboxylic acids is 1. The van der Waals surface area contributed by atoms with E-state index in [4.69, 9.17) is 30.3 Å². The quantitative estimate of drug-likeness (QED) is 0.257. The van der Waals surface area contributed by atoms with Crippen LogP contribution >= 0.6 is 22.9 Å². The molecule has 1 aliphatic heterocycles. The zero-order valence-electron chi connectivity index (χ0n) is 22.0. The van der Waals surface area contributed by atoms with Crippen molar-refractivity contribution in [1.82, 2.24) is 25.0 Å². The van der Waals surface area contributed by atoms with E-state index < -0.39 is 5.60 Å². The van der Waals surface area contributed by atoms with Gasteiger partial charge in [0.25, 0.3) is 5.89 Å². The van der Waals surface area contributed by atoms with Gasteiger partial charge in [-0.05, 0) is 58.0 Å². The van der Waals surface area contributed by atoms with Crippen LogP contribution in [0.4, 0.5) is 4.79 Å². The molecule has 5 rings (SSSR count). The molecular formula is C27H28ClN5O5S. The van der Waals surface area contributed by atoms with Gasteiger partial charge < -0.3 is 23.6 Å². The number of carbonyl (C=O) groups is 1. The minimum atomic E-state index is -0.538. The van der Waals surface area contributed by atoms with Crippen LogP contribution in [0.15, 0.2) is 47.1 Å². The second-order valence-electron chi connectivity index (χ2n) is 10.0. The van der Waals surface area contributed by atoms with Crippen molar-refractivity contribution in [3.05, 3.63) is 58.3 Å². The molecular weight excluding hydrogens is 542 g/mol. The molecule has 0 radical (unpaired) electrons. The fraction of sp³-hybridized carbons (Fsp3) is 0.370. The van der Waals surface area contributed by atoms with Crippen molar-refractivity contribution in [2.75, 3.05) is 13.1 Å². The van der Waals surface area contributed by atoms with E-state index in [1.165, 1.54) is 11.3 Å². The minimum absolute atomic E-state index is 0.151. The summed E-state index contributed by atoms with van der Waals surface area (Å²) < 4.78 is 22.9. The number of amides is 1. The van der Waals surface area contributed by atoms with E-state index >= 15 is 0 Å². The average molecular weight is 570 g/mol. The summed E-state index contributed by atoms with van der Waals surface area (Å²) in [5.74, 6) is 2.01. The number of benzene rings is 1. The number of likely N-dealkylation sites (tertiary alicyclic amines) is 1. The maximum atomic E-state index is 12.4. The van der Waals surface area contributed by atoms with Crippen LogP contribution < -0.4 is 9.47 Å². The number of rotatable bonds is 7. The van der Waals surface area contributed by atoms with Crippen LogP contribution in [0.1, 0.15) is 37.9 Å². The minimum Gasteiger partial charge on any atom is -0.488 e. The number of thiazole rings is 1. The topological polar surface area (TPSA) is 113 Å². The first kappa shape index (κ1) is 26.9. The Labute approximate surface area is 234 Å². The second-order valence-corrected chi connectivity index (χ2v) is 11.5. The van der Waals surface area contributed by atoms with Gasteiger partial charge in [0.05, 0.1) is 12.2 Å². The molecule has 1 saturated heterocycles. The van der Waals surface area contributed by atoms with Gasteiger partial charge in [-0.3, -0.25) is 4.98 Å². The molecule has 1 amide bonds. The third-order valence-corrected chi connectivity index (χ3v) is 7.07. The molecule has 10 nitrogen and oxygen atoms in total. The van der Waals surface area contributed by atoms with Crippen LogP contribution in [-0.4, -0.2) is 55.9 Å². The molecule has 204 valence electrons. The molecule has 4 aromatic rings. The molecule has 1 aliphatic rings. The number of pyridine rings is 1. The van der Waals surface area contributed by atoms with Crippen molar-refractivity contribution in [2.24, 2.45) is 0 Å². The fourth-order valence-electron chi connectivity index (χ4n) is 3.92. The second kappa shape index (κ2) is 11.2. The van der Waals surface area contributed by atoms with Gasteiger partial charge in [0.15, 0.2) is 0 Å². The average Bonchev–Trinajstić information content (AvgIpc) is 3.63. The van der Waals surface area contributed by atoms with Crippen molar-refractivity contribution >= 4 is 29.0 Å². The molecule has 4 heterocycles. The Hall–Kier alpha value is -3.70. The molecule has 1 fully saturated rings. The number of hydrogen-bond donors (Lipinski definition) is 0. The summed E-state index contributed by atoms with van der Waals surface area (Å²) in [5.41, 5.74) is 0.743. The van der Waals surface area contributed by atoms with Crippen LogP contribution in [0, 0.1) is 6.92 Å². The molecule has 0 spiro atoms. The largest absolute Gasteiger partial charge is 0.488 e. The predicted octanol–water partition coefficient (Wildman–Crippen LogP) is 6.18. The standard InChI is InChI=1S/C27H28ClN5O5S/c1-16-23(39-22(30-16)15-35-18-7-5-17(28)6-8-18)25-31-24(32-38-25)21-13-19(9-11-29-21)36-20-10-12-33(14-20)26(34)37-27(2,3)4/h5-9,11,13,20H,10,12,14-15H2,1-4H3. The SMILES string of the molecule is Cc1nc(COc2ccc(Cl)cc2)sc1-c1nc(-c2cc(OC3CCN(C(=O)OC(C)(C)C)C3)ccn2)no1. The molecule has 12 heteroatoms. The summed E-state index contributed by atoms with van der Waals surface area (Å²) in [6.45, 7) is 8.77.